The highest BCUT2D eigenvalue weighted by Crippen LogP contribution is 2.18. The van der Waals surface area contributed by atoms with Crippen molar-refractivity contribution in [2.75, 3.05) is 6.54 Å². The molecule has 0 aliphatic heterocycles. The van der Waals surface area contributed by atoms with Crippen molar-refractivity contribution in [3.05, 3.63) is 36.1 Å². The van der Waals surface area contributed by atoms with Crippen LogP contribution in [0.15, 0.2) is 34.7 Å². The second-order valence-corrected chi connectivity index (χ2v) is 3.76. The normalized spacial score (nSPS) is 12.6. The van der Waals surface area contributed by atoms with E-state index in [-0.39, 0.29) is 11.9 Å². The number of amides is 1. The van der Waals surface area contributed by atoms with Crippen molar-refractivity contribution >= 4 is 16.9 Å². The lowest BCUT2D eigenvalue weighted by Gasteiger charge is -2.08. The number of carbonyl (C=O) groups is 1. The molecular weight excluding hydrogens is 204 g/mol. The van der Waals surface area contributed by atoms with Crippen LogP contribution in [0.3, 0.4) is 0 Å². The van der Waals surface area contributed by atoms with Gasteiger partial charge in [0.2, 0.25) is 0 Å². The standard InChI is InChI=1S/C12H14N2O2/c1-8(7-13)14-12(15)11-6-9-4-2-3-5-10(9)16-11/h2-6,8H,7,13H2,1H3,(H,14,15)/t8-/m1/s1. The summed E-state index contributed by atoms with van der Waals surface area (Å²) >= 11 is 0. The van der Waals surface area contributed by atoms with Gasteiger partial charge in [0.1, 0.15) is 5.58 Å². The fraction of sp³-hybridized carbons (Fsp3) is 0.250. The number of hydrogen-bond acceptors (Lipinski definition) is 3. The van der Waals surface area contributed by atoms with E-state index in [4.69, 9.17) is 10.2 Å². The average Bonchev–Trinajstić information content (AvgIpc) is 2.72. The first kappa shape index (κ1) is 10.7. The lowest BCUT2D eigenvalue weighted by Crippen LogP contribution is -2.37. The van der Waals surface area contributed by atoms with Gasteiger partial charge in [-0.25, -0.2) is 0 Å². The third-order valence-electron chi connectivity index (χ3n) is 2.38. The van der Waals surface area contributed by atoms with Gasteiger partial charge >= 0.3 is 0 Å². The van der Waals surface area contributed by atoms with E-state index in [1.165, 1.54) is 0 Å². The van der Waals surface area contributed by atoms with Gasteiger partial charge in [0.15, 0.2) is 5.76 Å². The summed E-state index contributed by atoms with van der Waals surface area (Å²) in [6.07, 6.45) is 0. The number of nitrogens with one attached hydrogen (secondary N) is 1. The molecule has 1 amide bonds. The summed E-state index contributed by atoms with van der Waals surface area (Å²) in [6, 6.07) is 9.19. The van der Waals surface area contributed by atoms with Crippen LogP contribution in [0.4, 0.5) is 0 Å². The monoisotopic (exact) mass is 218 g/mol. The molecule has 0 fully saturated rings. The summed E-state index contributed by atoms with van der Waals surface area (Å²) in [6.45, 7) is 2.26. The Hall–Kier alpha value is -1.81. The summed E-state index contributed by atoms with van der Waals surface area (Å²) in [4.78, 5) is 11.7. The van der Waals surface area contributed by atoms with E-state index in [2.05, 4.69) is 5.32 Å². The molecule has 1 aromatic heterocycles. The Labute approximate surface area is 93.4 Å². The molecule has 0 aliphatic rings. The van der Waals surface area contributed by atoms with E-state index >= 15 is 0 Å². The summed E-state index contributed by atoms with van der Waals surface area (Å²) < 4.78 is 5.42. The van der Waals surface area contributed by atoms with E-state index in [0.29, 0.717) is 17.9 Å². The number of hydrogen-bond donors (Lipinski definition) is 2. The minimum absolute atomic E-state index is 0.0549. The zero-order valence-electron chi connectivity index (χ0n) is 9.07. The number of benzene rings is 1. The molecule has 16 heavy (non-hydrogen) atoms. The zero-order valence-corrected chi connectivity index (χ0v) is 9.07. The second kappa shape index (κ2) is 4.37. The van der Waals surface area contributed by atoms with E-state index in [1.54, 1.807) is 6.07 Å². The Morgan fingerprint density at radius 3 is 2.94 bits per heavy atom. The number of para-hydroxylation sites is 1. The van der Waals surface area contributed by atoms with Crippen molar-refractivity contribution in [2.24, 2.45) is 5.73 Å². The fourth-order valence-corrected chi connectivity index (χ4v) is 1.45. The summed E-state index contributed by atoms with van der Waals surface area (Å²) in [5, 5.41) is 3.67. The van der Waals surface area contributed by atoms with Crippen LogP contribution < -0.4 is 11.1 Å². The van der Waals surface area contributed by atoms with Crippen LogP contribution in [0.2, 0.25) is 0 Å². The zero-order chi connectivity index (χ0) is 11.5. The third-order valence-corrected chi connectivity index (χ3v) is 2.38. The Kier molecular flexibility index (Phi) is 2.92. The Bertz CT molecular complexity index is 471. The molecule has 0 saturated heterocycles. The van der Waals surface area contributed by atoms with Crippen LogP contribution in [0, 0.1) is 0 Å². The molecule has 3 N–H and O–H groups in total. The maximum absolute atomic E-state index is 11.7. The lowest BCUT2D eigenvalue weighted by molar-refractivity contribution is 0.0915. The molecule has 0 radical (unpaired) electrons. The van der Waals surface area contributed by atoms with E-state index in [1.807, 2.05) is 31.2 Å². The predicted molar refractivity (Wildman–Crippen MR) is 62.2 cm³/mol. The van der Waals surface area contributed by atoms with Crippen molar-refractivity contribution in [3.8, 4) is 0 Å². The van der Waals surface area contributed by atoms with E-state index in [9.17, 15) is 4.79 Å². The highest BCUT2D eigenvalue weighted by Gasteiger charge is 2.13. The molecule has 2 aromatic rings. The maximum atomic E-state index is 11.7. The molecule has 1 atom stereocenters. The first-order valence-electron chi connectivity index (χ1n) is 5.20. The Balaban J connectivity index is 2.23. The molecule has 1 heterocycles. The van der Waals surface area contributed by atoms with Gasteiger partial charge in [0.05, 0.1) is 0 Å². The van der Waals surface area contributed by atoms with Crippen LogP contribution >= 0.6 is 0 Å². The van der Waals surface area contributed by atoms with Gasteiger partial charge in [-0.1, -0.05) is 18.2 Å². The van der Waals surface area contributed by atoms with Gasteiger partial charge in [-0.15, -0.1) is 0 Å². The predicted octanol–water partition coefficient (Wildman–Crippen LogP) is 1.51. The van der Waals surface area contributed by atoms with Crippen LogP contribution in [0.5, 0.6) is 0 Å². The van der Waals surface area contributed by atoms with Gasteiger partial charge in [-0.3, -0.25) is 4.79 Å². The van der Waals surface area contributed by atoms with Crippen LogP contribution in [0.25, 0.3) is 11.0 Å². The molecule has 0 spiro atoms. The summed E-state index contributed by atoms with van der Waals surface area (Å²) in [5.41, 5.74) is 6.14. The fourth-order valence-electron chi connectivity index (χ4n) is 1.45. The molecule has 0 saturated carbocycles. The maximum Gasteiger partial charge on any atom is 0.287 e. The average molecular weight is 218 g/mol. The summed E-state index contributed by atoms with van der Waals surface area (Å²) in [5.74, 6) is 0.0932. The molecular formula is C12H14N2O2. The van der Waals surface area contributed by atoms with Gasteiger partial charge < -0.3 is 15.5 Å². The quantitative estimate of drug-likeness (QED) is 0.820. The molecule has 0 unspecified atom stereocenters. The van der Waals surface area contributed by atoms with Crippen molar-refractivity contribution in [3.63, 3.8) is 0 Å². The smallest absolute Gasteiger partial charge is 0.287 e. The first-order valence-corrected chi connectivity index (χ1v) is 5.20. The largest absolute Gasteiger partial charge is 0.451 e. The molecule has 0 aliphatic carbocycles. The van der Waals surface area contributed by atoms with Crippen molar-refractivity contribution < 1.29 is 9.21 Å². The molecule has 0 bridgehead atoms. The van der Waals surface area contributed by atoms with Crippen LogP contribution in [-0.2, 0) is 0 Å². The number of carbonyl (C=O) groups excluding carboxylic acids is 1. The van der Waals surface area contributed by atoms with Crippen molar-refractivity contribution in [2.45, 2.75) is 13.0 Å². The minimum Gasteiger partial charge on any atom is -0.451 e. The summed E-state index contributed by atoms with van der Waals surface area (Å²) in [7, 11) is 0. The highest BCUT2D eigenvalue weighted by atomic mass is 16.3. The Morgan fingerprint density at radius 2 is 2.25 bits per heavy atom. The van der Waals surface area contributed by atoms with Crippen LogP contribution in [-0.4, -0.2) is 18.5 Å². The Morgan fingerprint density at radius 1 is 1.50 bits per heavy atom. The lowest BCUT2D eigenvalue weighted by atomic mass is 10.2. The number of fused-ring (bicyclic) bond motifs is 1. The van der Waals surface area contributed by atoms with Crippen LogP contribution in [0.1, 0.15) is 17.5 Å². The van der Waals surface area contributed by atoms with E-state index < -0.39 is 0 Å². The molecule has 1 aromatic carbocycles. The van der Waals surface area contributed by atoms with Gasteiger partial charge in [-0.05, 0) is 19.1 Å². The molecule has 4 heteroatoms. The highest BCUT2D eigenvalue weighted by molar-refractivity contribution is 5.96. The number of rotatable bonds is 3. The van der Waals surface area contributed by atoms with Crippen molar-refractivity contribution in [1.29, 1.82) is 0 Å². The van der Waals surface area contributed by atoms with Gasteiger partial charge in [0, 0.05) is 18.0 Å². The van der Waals surface area contributed by atoms with Gasteiger partial charge in [0.25, 0.3) is 5.91 Å². The molecule has 4 nitrogen and oxygen atoms in total. The second-order valence-electron chi connectivity index (χ2n) is 3.76. The molecule has 84 valence electrons. The molecule has 2 rings (SSSR count). The topological polar surface area (TPSA) is 68.3 Å². The SMILES string of the molecule is C[C@H](CN)NC(=O)c1cc2ccccc2o1. The third kappa shape index (κ3) is 2.06. The minimum atomic E-state index is -0.228. The van der Waals surface area contributed by atoms with Crippen molar-refractivity contribution in [1.82, 2.24) is 5.32 Å². The van der Waals surface area contributed by atoms with E-state index in [0.717, 1.165) is 5.39 Å². The number of furan rings is 1. The van der Waals surface area contributed by atoms with Gasteiger partial charge in [-0.2, -0.15) is 0 Å². The number of nitrogens with two attached hydrogens (primary N) is 1. The first-order chi connectivity index (χ1) is 7.70.